The lowest BCUT2D eigenvalue weighted by Crippen LogP contribution is -2.37. The first kappa shape index (κ1) is 26.1. The van der Waals surface area contributed by atoms with Crippen molar-refractivity contribution in [3.63, 3.8) is 0 Å². The predicted octanol–water partition coefficient (Wildman–Crippen LogP) is 3.72. The van der Waals surface area contributed by atoms with E-state index in [0.29, 0.717) is 16.2 Å². The Morgan fingerprint density at radius 3 is 2.92 bits per heavy atom. The Kier molecular flexibility index (Phi) is 7.22. The highest BCUT2D eigenvalue weighted by molar-refractivity contribution is 9.10. The topological polar surface area (TPSA) is 110 Å². The first-order chi connectivity index (χ1) is 18.9. The third kappa shape index (κ3) is 5.22. The Labute approximate surface area is 235 Å². The average Bonchev–Trinajstić information content (AvgIpc) is 3.51. The summed E-state index contributed by atoms with van der Waals surface area (Å²) in [6, 6.07) is 8.47. The maximum atomic E-state index is 12.4. The van der Waals surface area contributed by atoms with E-state index in [4.69, 9.17) is 19.8 Å². The van der Waals surface area contributed by atoms with Gasteiger partial charge in [0.25, 0.3) is 0 Å². The molecule has 1 aliphatic carbocycles. The molecular weight excluding hydrogens is 560 g/mol. The number of pyridine rings is 1. The molecule has 1 amide bonds. The van der Waals surface area contributed by atoms with Gasteiger partial charge in [0.1, 0.15) is 4.60 Å². The number of anilines is 1. The number of rotatable bonds is 7. The van der Waals surface area contributed by atoms with E-state index in [-0.39, 0.29) is 17.4 Å². The van der Waals surface area contributed by atoms with Gasteiger partial charge in [-0.2, -0.15) is 10.1 Å². The van der Waals surface area contributed by atoms with Gasteiger partial charge >= 0.3 is 0 Å². The Morgan fingerprint density at radius 1 is 1.26 bits per heavy atom. The summed E-state index contributed by atoms with van der Waals surface area (Å²) in [5.74, 6) is 0.623. The molecule has 3 aromatic heterocycles. The lowest BCUT2D eigenvalue weighted by molar-refractivity contribution is -0.129. The van der Waals surface area contributed by atoms with Crippen molar-refractivity contribution in [3.05, 3.63) is 46.8 Å². The van der Waals surface area contributed by atoms with Crippen LogP contribution in [-0.4, -0.2) is 81.5 Å². The molecule has 2 N–H and O–H groups in total. The fraction of sp³-hybridized carbons (Fsp3) is 0.464. The van der Waals surface area contributed by atoms with Crippen LogP contribution >= 0.6 is 15.9 Å². The zero-order valence-corrected chi connectivity index (χ0v) is 23.9. The van der Waals surface area contributed by atoms with Gasteiger partial charge in [-0.3, -0.25) is 14.7 Å². The van der Waals surface area contributed by atoms with E-state index >= 15 is 0 Å². The minimum Gasteiger partial charge on any atom is -0.379 e. The van der Waals surface area contributed by atoms with Crippen molar-refractivity contribution in [2.24, 2.45) is 5.41 Å². The Balaban J connectivity index is 1.32. The number of aromatic nitrogens is 5. The second-order valence-corrected chi connectivity index (χ2v) is 11.5. The number of nitrogens with one attached hydrogen (secondary N) is 2. The monoisotopic (exact) mass is 592 g/mol. The maximum absolute atomic E-state index is 12.4. The minimum absolute atomic E-state index is 0.0837. The summed E-state index contributed by atoms with van der Waals surface area (Å²) in [7, 11) is 1.70. The normalized spacial score (nSPS) is 22.0. The lowest BCUT2D eigenvalue weighted by Gasteiger charge is -2.26. The zero-order chi connectivity index (χ0) is 27.0. The largest absolute Gasteiger partial charge is 0.379 e. The number of morpholine rings is 1. The molecule has 4 aromatic rings. The standard InChI is InChI=1S/C28H33BrN8O2/c1-28(26(38)30-2)7-5-20(16-28)33-27-32-17-22-24(29)35-37(25(22)34-27)21-14-18-4-3-8-31-23(18)19(15-21)6-9-36-10-12-39-13-11-36/h3-4,8,14-15,17,20H,5-7,9-13,16H2,1-2H3,(H,30,38)(H,32,33,34)/t20-,28-/m1/s1. The highest BCUT2D eigenvalue weighted by Crippen LogP contribution is 2.39. The van der Waals surface area contributed by atoms with Crippen LogP contribution in [0.1, 0.15) is 31.7 Å². The lowest BCUT2D eigenvalue weighted by atomic mass is 9.87. The molecule has 39 heavy (non-hydrogen) atoms. The summed E-state index contributed by atoms with van der Waals surface area (Å²) in [5, 5.41) is 13.0. The van der Waals surface area contributed by atoms with E-state index in [1.807, 2.05) is 23.9 Å². The SMILES string of the molecule is CNC(=O)[C@]1(C)CC[C@@H](Nc2ncc3c(Br)nn(-c4cc(CCN5CCOCC5)c5ncccc5c4)c3n2)C1. The molecule has 1 saturated heterocycles. The van der Waals surface area contributed by atoms with Crippen LogP contribution in [0.2, 0.25) is 0 Å². The van der Waals surface area contributed by atoms with E-state index < -0.39 is 0 Å². The quantitative estimate of drug-likeness (QED) is 0.334. The molecule has 4 heterocycles. The third-order valence-corrected chi connectivity index (χ3v) is 8.63. The number of benzene rings is 1. The predicted molar refractivity (Wildman–Crippen MR) is 154 cm³/mol. The van der Waals surface area contributed by atoms with Crippen molar-refractivity contribution in [1.82, 2.24) is 34.9 Å². The molecule has 1 saturated carbocycles. The first-order valence-corrected chi connectivity index (χ1v) is 14.3. The first-order valence-electron chi connectivity index (χ1n) is 13.5. The Hall–Kier alpha value is -3.15. The number of nitrogens with zero attached hydrogens (tertiary/aromatic N) is 6. The number of amides is 1. The Morgan fingerprint density at radius 2 is 2.10 bits per heavy atom. The van der Waals surface area contributed by atoms with Gasteiger partial charge in [0.15, 0.2) is 5.65 Å². The van der Waals surface area contributed by atoms with Gasteiger partial charge in [-0.05, 0) is 65.4 Å². The van der Waals surface area contributed by atoms with Crippen LogP contribution in [-0.2, 0) is 16.0 Å². The molecule has 0 radical (unpaired) electrons. The molecule has 0 spiro atoms. The van der Waals surface area contributed by atoms with Crippen molar-refractivity contribution in [2.75, 3.05) is 45.2 Å². The summed E-state index contributed by atoms with van der Waals surface area (Å²) in [5.41, 5.74) is 3.47. The van der Waals surface area contributed by atoms with Crippen LogP contribution in [0.5, 0.6) is 0 Å². The smallest absolute Gasteiger partial charge is 0.225 e. The number of hydrogen-bond donors (Lipinski definition) is 2. The molecule has 2 atom stereocenters. The van der Waals surface area contributed by atoms with Crippen molar-refractivity contribution >= 4 is 49.7 Å². The highest BCUT2D eigenvalue weighted by atomic mass is 79.9. The molecule has 2 fully saturated rings. The summed E-state index contributed by atoms with van der Waals surface area (Å²) in [6.07, 6.45) is 6.99. The summed E-state index contributed by atoms with van der Waals surface area (Å²) in [6.45, 7) is 6.46. The number of carbonyl (C=O) groups excluding carboxylic acids is 1. The number of hydrogen-bond acceptors (Lipinski definition) is 8. The molecule has 1 aliphatic heterocycles. The highest BCUT2D eigenvalue weighted by Gasteiger charge is 2.41. The summed E-state index contributed by atoms with van der Waals surface area (Å²) >= 11 is 3.61. The van der Waals surface area contributed by atoms with Crippen LogP contribution in [0.15, 0.2) is 41.3 Å². The van der Waals surface area contributed by atoms with Crippen LogP contribution in [0.25, 0.3) is 27.6 Å². The number of halogens is 1. The molecule has 0 bridgehead atoms. The van der Waals surface area contributed by atoms with Crippen molar-refractivity contribution in [1.29, 1.82) is 0 Å². The summed E-state index contributed by atoms with van der Waals surface area (Å²) in [4.78, 5) is 29.0. The minimum atomic E-state index is -0.377. The number of fused-ring (bicyclic) bond motifs is 2. The van der Waals surface area contributed by atoms with Crippen LogP contribution < -0.4 is 10.6 Å². The second kappa shape index (κ2) is 10.8. The molecule has 2 aliphatic rings. The van der Waals surface area contributed by atoms with Gasteiger partial charge in [-0.1, -0.05) is 13.0 Å². The Bertz CT molecular complexity index is 1520. The van der Waals surface area contributed by atoms with Gasteiger partial charge < -0.3 is 15.4 Å². The van der Waals surface area contributed by atoms with Gasteiger partial charge in [0, 0.05) is 55.9 Å². The van der Waals surface area contributed by atoms with Crippen LogP contribution in [0.3, 0.4) is 0 Å². The third-order valence-electron chi connectivity index (χ3n) is 8.04. The van der Waals surface area contributed by atoms with Gasteiger partial charge in [-0.15, -0.1) is 0 Å². The van der Waals surface area contributed by atoms with Gasteiger partial charge in [0.05, 0.1) is 29.8 Å². The number of ether oxygens (including phenoxy) is 1. The van der Waals surface area contributed by atoms with Gasteiger partial charge in [0.2, 0.25) is 11.9 Å². The van der Waals surface area contributed by atoms with E-state index in [9.17, 15) is 4.79 Å². The fourth-order valence-corrected chi connectivity index (χ4v) is 6.28. The van der Waals surface area contributed by atoms with Crippen LogP contribution in [0.4, 0.5) is 5.95 Å². The molecular formula is C28H33BrN8O2. The number of carbonyl (C=O) groups is 1. The van der Waals surface area contributed by atoms with Crippen LogP contribution in [0, 0.1) is 5.41 Å². The van der Waals surface area contributed by atoms with Crippen molar-refractivity contribution in [2.45, 2.75) is 38.6 Å². The maximum Gasteiger partial charge on any atom is 0.225 e. The fourth-order valence-electron chi connectivity index (χ4n) is 5.84. The van der Waals surface area contributed by atoms with Crippen molar-refractivity contribution in [3.8, 4) is 5.69 Å². The molecule has 1 aromatic carbocycles. The van der Waals surface area contributed by atoms with E-state index in [0.717, 1.165) is 80.5 Å². The molecule has 204 valence electrons. The molecule has 6 rings (SSSR count). The summed E-state index contributed by atoms with van der Waals surface area (Å²) < 4.78 is 8.08. The molecule has 10 nitrogen and oxygen atoms in total. The van der Waals surface area contributed by atoms with Crippen molar-refractivity contribution < 1.29 is 9.53 Å². The zero-order valence-electron chi connectivity index (χ0n) is 22.3. The molecule has 0 unspecified atom stereocenters. The van der Waals surface area contributed by atoms with E-state index in [1.165, 1.54) is 5.56 Å². The average molecular weight is 594 g/mol. The molecule has 11 heteroatoms. The van der Waals surface area contributed by atoms with E-state index in [1.54, 1.807) is 13.2 Å². The van der Waals surface area contributed by atoms with E-state index in [2.05, 4.69) is 54.6 Å². The second-order valence-electron chi connectivity index (χ2n) is 10.7. The van der Waals surface area contributed by atoms with Gasteiger partial charge in [-0.25, -0.2) is 9.67 Å².